The fourth-order valence-electron chi connectivity index (χ4n) is 4.78. The van der Waals surface area contributed by atoms with E-state index in [1.807, 2.05) is 16.8 Å². The zero-order chi connectivity index (χ0) is 21.5. The number of fused-ring (bicyclic) bond motifs is 3. The Kier molecular flexibility index (Phi) is 5.02. The van der Waals surface area contributed by atoms with Gasteiger partial charge in [-0.2, -0.15) is 5.10 Å². The molecular weight excluding hydrogens is 391 g/mol. The minimum absolute atomic E-state index is 0.0185. The summed E-state index contributed by atoms with van der Waals surface area (Å²) in [7, 11) is 1.51. The first-order valence-corrected chi connectivity index (χ1v) is 10.8. The van der Waals surface area contributed by atoms with Crippen LogP contribution in [0.15, 0.2) is 48.7 Å². The summed E-state index contributed by atoms with van der Waals surface area (Å²) >= 11 is 0. The van der Waals surface area contributed by atoms with E-state index in [0.717, 1.165) is 42.8 Å². The maximum Gasteiger partial charge on any atom is 0.165 e. The molecule has 5 rings (SSSR count). The van der Waals surface area contributed by atoms with Crippen LogP contribution in [-0.2, 0) is 19.5 Å². The second-order valence-corrected chi connectivity index (χ2v) is 8.18. The summed E-state index contributed by atoms with van der Waals surface area (Å²) in [5, 5.41) is 5.89. The van der Waals surface area contributed by atoms with Crippen molar-refractivity contribution >= 4 is 10.9 Å². The van der Waals surface area contributed by atoms with Crippen molar-refractivity contribution < 1.29 is 9.13 Å². The average molecular weight is 419 g/mol. The van der Waals surface area contributed by atoms with Crippen molar-refractivity contribution in [2.75, 3.05) is 13.7 Å². The second kappa shape index (κ2) is 7.85. The predicted molar refractivity (Wildman–Crippen MR) is 120 cm³/mol. The predicted octanol–water partition coefficient (Wildman–Crippen LogP) is 4.99. The molecule has 1 aliphatic heterocycles. The summed E-state index contributed by atoms with van der Waals surface area (Å²) in [5.41, 5.74) is 6.97. The summed E-state index contributed by atoms with van der Waals surface area (Å²) < 4.78 is 21.5. The lowest BCUT2D eigenvalue weighted by molar-refractivity contribution is 0.201. The molecule has 1 atom stereocenters. The molecule has 6 heteroatoms. The lowest BCUT2D eigenvalue weighted by Gasteiger charge is -2.36. The third kappa shape index (κ3) is 3.41. The van der Waals surface area contributed by atoms with Gasteiger partial charge in [0.1, 0.15) is 0 Å². The van der Waals surface area contributed by atoms with Crippen molar-refractivity contribution in [2.24, 2.45) is 0 Å². The van der Waals surface area contributed by atoms with Gasteiger partial charge < -0.3 is 9.72 Å². The summed E-state index contributed by atoms with van der Waals surface area (Å²) in [6, 6.07) is 13.6. The number of aryl methyl sites for hydroxylation is 2. The Labute approximate surface area is 181 Å². The van der Waals surface area contributed by atoms with Gasteiger partial charge in [-0.1, -0.05) is 24.3 Å². The highest BCUT2D eigenvalue weighted by atomic mass is 19.1. The van der Waals surface area contributed by atoms with Gasteiger partial charge in [0.05, 0.1) is 18.8 Å². The molecule has 4 aromatic rings. The van der Waals surface area contributed by atoms with Crippen LogP contribution in [0.4, 0.5) is 4.39 Å². The van der Waals surface area contributed by atoms with Crippen LogP contribution in [0, 0.1) is 12.7 Å². The van der Waals surface area contributed by atoms with Gasteiger partial charge in [0.2, 0.25) is 0 Å². The van der Waals surface area contributed by atoms with E-state index >= 15 is 0 Å². The number of benzene rings is 2. The highest BCUT2D eigenvalue weighted by Crippen LogP contribution is 2.40. The Bertz CT molecular complexity index is 1240. The molecule has 0 aliphatic carbocycles. The molecular formula is C25H27FN4O. The maximum absolute atomic E-state index is 14.2. The molecule has 0 radical (unpaired) electrons. The zero-order valence-corrected chi connectivity index (χ0v) is 18.2. The van der Waals surface area contributed by atoms with Crippen LogP contribution < -0.4 is 4.74 Å². The van der Waals surface area contributed by atoms with Crippen molar-refractivity contribution in [3.8, 4) is 5.75 Å². The summed E-state index contributed by atoms with van der Waals surface area (Å²) in [6.07, 6.45) is 3.10. The van der Waals surface area contributed by atoms with Crippen LogP contribution in [-0.4, -0.2) is 33.3 Å². The lowest BCUT2D eigenvalue weighted by Crippen LogP contribution is -2.35. The Balaban J connectivity index is 1.62. The first-order valence-electron chi connectivity index (χ1n) is 10.8. The zero-order valence-electron chi connectivity index (χ0n) is 18.2. The van der Waals surface area contributed by atoms with Crippen molar-refractivity contribution in [1.82, 2.24) is 19.7 Å². The van der Waals surface area contributed by atoms with Crippen molar-refractivity contribution in [1.29, 1.82) is 0 Å². The van der Waals surface area contributed by atoms with Crippen LogP contribution in [0.1, 0.15) is 41.0 Å². The number of hydrogen-bond acceptors (Lipinski definition) is 3. The molecule has 0 saturated heterocycles. The standard InChI is InChI=1S/C25H27FN4O/c1-4-30-15-18(16(2)28-30)14-29-12-11-20-19-7-5-6-8-22(19)27-24(20)25(29)17-9-10-21(26)23(13-17)31-3/h5-10,13,15,25,27H,4,11-12,14H2,1-3H3/t25-/m1/s1. The highest BCUT2D eigenvalue weighted by Gasteiger charge is 2.32. The summed E-state index contributed by atoms with van der Waals surface area (Å²) in [4.78, 5) is 6.12. The molecule has 1 aliphatic rings. The van der Waals surface area contributed by atoms with Crippen LogP contribution >= 0.6 is 0 Å². The van der Waals surface area contributed by atoms with Crippen LogP contribution in [0.2, 0.25) is 0 Å². The van der Waals surface area contributed by atoms with Crippen molar-refractivity contribution in [2.45, 2.75) is 39.4 Å². The van der Waals surface area contributed by atoms with Gasteiger partial charge in [-0.25, -0.2) is 4.39 Å². The number of halogens is 1. The van der Waals surface area contributed by atoms with Gasteiger partial charge in [0, 0.05) is 48.0 Å². The smallest absolute Gasteiger partial charge is 0.165 e. The number of methoxy groups -OCH3 is 1. The van der Waals surface area contributed by atoms with Crippen molar-refractivity contribution in [3.63, 3.8) is 0 Å². The third-order valence-corrected chi connectivity index (χ3v) is 6.37. The van der Waals surface area contributed by atoms with Gasteiger partial charge >= 0.3 is 0 Å². The number of para-hydroxylation sites is 1. The largest absolute Gasteiger partial charge is 0.494 e. The number of aromatic amines is 1. The van der Waals surface area contributed by atoms with E-state index in [2.05, 4.69) is 59.3 Å². The molecule has 160 valence electrons. The van der Waals surface area contributed by atoms with Gasteiger partial charge in [-0.05, 0) is 49.6 Å². The fourth-order valence-corrected chi connectivity index (χ4v) is 4.78. The highest BCUT2D eigenvalue weighted by molar-refractivity contribution is 5.85. The van der Waals surface area contributed by atoms with E-state index in [0.29, 0.717) is 0 Å². The number of nitrogens with one attached hydrogen (secondary N) is 1. The topological polar surface area (TPSA) is 46.1 Å². The number of aromatic nitrogens is 3. The third-order valence-electron chi connectivity index (χ3n) is 6.37. The van der Waals surface area contributed by atoms with Gasteiger partial charge in [0.25, 0.3) is 0 Å². The van der Waals surface area contributed by atoms with E-state index < -0.39 is 0 Å². The molecule has 5 nitrogen and oxygen atoms in total. The molecule has 31 heavy (non-hydrogen) atoms. The quantitative estimate of drug-likeness (QED) is 0.497. The molecule has 3 heterocycles. The number of hydrogen-bond donors (Lipinski definition) is 1. The van der Waals surface area contributed by atoms with E-state index in [-0.39, 0.29) is 17.6 Å². The van der Waals surface area contributed by atoms with E-state index in [4.69, 9.17) is 4.74 Å². The average Bonchev–Trinajstić information content (AvgIpc) is 3.34. The Morgan fingerprint density at radius 1 is 1.23 bits per heavy atom. The fraction of sp³-hybridized carbons (Fsp3) is 0.320. The van der Waals surface area contributed by atoms with Crippen LogP contribution in [0.25, 0.3) is 10.9 Å². The Morgan fingerprint density at radius 2 is 2.06 bits per heavy atom. The molecule has 0 bridgehead atoms. The molecule has 2 aromatic heterocycles. The van der Waals surface area contributed by atoms with E-state index in [9.17, 15) is 4.39 Å². The normalized spacial score (nSPS) is 16.6. The number of nitrogens with zero attached hydrogens (tertiary/aromatic N) is 3. The molecule has 0 fully saturated rings. The molecule has 0 saturated carbocycles. The molecule has 0 amide bonds. The van der Waals surface area contributed by atoms with Gasteiger partial charge in [0.15, 0.2) is 11.6 Å². The summed E-state index contributed by atoms with van der Waals surface area (Å²) in [6.45, 7) is 6.71. The minimum atomic E-state index is -0.342. The molecule has 0 spiro atoms. The molecule has 1 N–H and O–H groups in total. The first-order chi connectivity index (χ1) is 15.1. The Morgan fingerprint density at radius 3 is 2.84 bits per heavy atom. The van der Waals surface area contributed by atoms with Crippen LogP contribution in [0.5, 0.6) is 5.75 Å². The second-order valence-electron chi connectivity index (χ2n) is 8.18. The molecule has 0 unspecified atom stereocenters. The van der Waals surface area contributed by atoms with Crippen LogP contribution in [0.3, 0.4) is 0 Å². The lowest BCUT2D eigenvalue weighted by atomic mass is 9.91. The first kappa shape index (κ1) is 19.8. The van der Waals surface area contributed by atoms with Gasteiger partial charge in [-0.3, -0.25) is 9.58 Å². The monoisotopic (exact) mass is 418 g/mol. The molecule has 2 aromatic carbocycles. The number of rotatable bonds is 5. The Hall–Kier alpha value is -3.12. The number of ether oxygens (including phenoxy) is 1. The SMILES string of the molecule is CCn1cc(CN2CCc3c([nH]c4ccccc34)[C@H]2c2ccc(F)c(OC)c2)c(C)n1. The van der Waals surface area contributed by atoms with Crippen molar-refractivity contribution in [3.05, 3.63) is 82.6 Å². The van der Waals surface area contributed by atoms with Gasteiger partial charge in [-0.15, -0.1) is 0 Å². The summed E-state index contributed by atoms with van der Waals surface area (Å²) in [5.74, 6) is -0.0683. The minimum Gasteiger partial charge on any atom is -0.494 e. The number of H-pyrrole nitrogens is 1. The van der Waals surface area contributed by atoms with E-state index in [1.165, 1.54) is 35.4 Å². The maximum atomic E-state index is 14.2. The van der Waals surface area contributed by atoms with E-state index in [1.54, 1.807) is 0 Å².